The predicted octanol–water partition coefficient (Wildman–Crippen LogP) is 12.6. The fourth-order valence-electron chi connectivity index (χ4n) is 10.4. The number of aromatic nitrogens is 2. The Balaban J connectivity index is 1.22. The molecule has 0 saturated carbocycles. The Kier molecular flexibility index (Phi) is 8.87. The third-order valence-corrected chi connectivity index (χ3v) is 17.8. The molecule has 0 fully saturated rings. The minimum Gasteiger partial charge on any atom is -0.309 e. The van der Waals surface area contributed by atoms with Crippen LogP contribution in [0.2, 0.25) is 0 Å². The van der Waals surface area contributed by atoms with Crippen LogP contribution in [0.4, 0.5) is 0 Å². The Bertz CT molecular complexity index is 3500. The lowest BCUT2D eigenvalue weighted by Gasteiger charge is -2.34. The van der Waals surface area contributed by atoms with Crippen molar-refractivity contribution in [3.8, 4) is 33.6 Å². The summed E-state index contributed by atoms with van der Waals surface area (Å²) in [6.45, 7) is 0. The average molecular weight is 819 g/mol. The van der Waals surface area contributed by atoms with E-state index in [1.807, 2.05) is 0 Å². The van der Waals surface area contributed by atoms with Gasteiger partial charge >= 0.3 is 0 Å². The molecule has 12 aromatic rings. The second kappa shape index (κ2) is 15.2. The van der Waals surface area contributed by atoms with E-state index in [9.17, 15) is 0 Å². The van der Waals surface area contributed by atoms with Gasteiger partial charge in [0.25, 0.3) is 0 Å². The first-order valence-corrected chi connectivity index (χ1v) is 23.8. The van der Waals surface area contributed by atoms with E-state index >= 15 is 0 Å². The van der Waals surface area contributed by atoms with Crippen LogP contribution in [0.15, 0.2) is 255 Å². The largest absolute Gasteiger partial charge is 0.309 e. The van der Waals surface area contributed by atoms with Crippen molar-refractivity contribution >= 4 is 72.4 Å². The molecular formula is C60H42N2Si. The summed E-state index contributed by atoms with van der Waals surface area (Å²) in [6, 6.07) is 94.3. The maximum Gasteiger partial charge on any atom is 0.179 e. The van der Waals surface area contributed by atoms with Crippen LogP contribution < -0.4 is 20.7 Å². The summed E-state index contributed by atoms with van der Waals surface area (Å²) < 4.78 is 5.03. The highest BCUT2D eigenvalue weighted by Crippen LogP contribution is 2.43. The molecule has 0 saturated heterocycles. The van der Waals surface area contributed by atoms with E-state index in [0.29, 0.717) is 0 Å². The van der Waals surface area contributed by atoms with Gasteiger partial charge in [-0.3, -0.25) is 0 Å². The van der Waals surface area contributed by atoms with E-state index in [0.717, 1.165) is 11.4 Å². The van der Waals surface area contributed by atoms with Crippen LogP contribution in [0.1, 0.15) is 0 Å². The van der Waals surface area contributed by atoms with Crippen molar-refractivity contribution < 1.29 is 0 Å². The van der Waals surface area contributed by atoms with Crippen LogP contribution in [0.3, 0.4) is 0 Å². The SMILES string of the molecule is c1ccc(-c2ccccc2-n2c3ccccc3c3c(-c4ccccc4)cc(-n4c5ccccc5c5ccc([Si](c6ccccc6)(c6ccccc6)c6ccccc6)cc54)cc32)cc1. The summed E-state index contributed by atoms with van der Waals surface area (Å²) in [4.78, 5) is 0. The molecule has 0 aliphatic rings. The van der Waals surface area contributed by atoms with Gasteiger partial charge in [-0.15, -0.1) is 0 Å². The molecule has 0 radical (unpaired) electrons. The molecule has 3 heteroatoms. The number of fused-ring (bicyclic) bond motifs is 6. The van der Waals surface area contributed by atoms with Crippen LogP contribution in [-0.4, -0.2) is 17.2 Å². The summed E-state index contributed by atoms with van der Waals surface area (Å²) in [5.74, 6) is 0. The molecule has 296 valence electrons. The molecule has 2 aromatic heterocycles. The lowest BCUT2D eigenvalue weighted by atomic mass is 9.98. The summed E-state index contributed by atoms with van der Waals surface area (Å²) in [6.07, 6.45) is 0. The maximum absolute atomic E-state index is 2.83. The van der Waals surface area contributed by atoms with Crippen molar-refractivity contribution in [1.29, 1.82) is 0 Å². The van der Waals surface area contributed by atoms with Gasteiger partial charge in [-0.25, -0.2) is 0 Å². The van der Waals surface area contributed by atoms with Crippen molar-refractivity contribution in [3.05, 3.63) is 255 Å². The number of nitrogens with zero attached hydrogens (tertiary/aromatic N) is 2. The van der Waals surface area contributed by atoms with E-state index in [-0.39, 0.29) is 0 Å². The van der Waals surface area contributed by atoms with E-state index in [1.165, 1.54) is 86.6 Å². The average Bonchev–Trinajstić information content (AvgIpc) is 3.88. The Morgan fingerprint density at radius 3 is 1.33 bits per heavy atom. The molecule has 2 heterocycles. The van der Waals surface area contributed by atoms with Gasteiger partial charge < -0.3 is 9.13 Å². The fourth-order valence-corrected chi connectivity index (χ4v) is 15.2. The van der Waals surface area contributed by atoms with Gasteiger partial charge in [0.2, 0.25) is 0 Å². The van der Waals surface area contributed by atoms with Crippen molar-refractivity contribution in [2.45, 2.75) is 0 Å². The number of hydrogen-bond acceptors (Lipinski definition) is 0. The van der Waals surface area contributed by atoms with E-state index in [4.69, 9.17) is 0 Å². The monoisotopic (exact) mass is 818 g/mol. The van der Waals surface area contributed by atoms with Gasteiger partial charge in [0.05, 0.1) is 27.8 Å². The number of rotatable bonds is 8. The van der Waals surface area contributed by atoms with Crippen LogP contribution in [-0.2, 0) is 0 Å². The highest BCUT2D eigenvalue weighted by atomic mass is 28.3. The van der Waals surface area contributed by atoms with Crippen molar-refractivity contribution in [2.24, 2.45) is 0 Å². The van der Waals surface area contributed by atoms with Crippen molar-refractivity contribution in [1.82, 2.24) is 9.13 Å². The molecule has 0 spiro atoms. The Morgan fingerprint density at radius 1 is 0.270 bits per heavy atom. The first kappa shape index (κ1) is 36.8. The van der Waals surface area contributed by atoms with Gasteiger partial charge in [0.1, 0.15) is 0 Å². The molecule has 0 bridgehead atoms. The van der Waals surface area contributed by atoms with E-state index in [1.54, 1.807) is 0 Å². The van der Waals surface area contributed by atoms with E-state index in [2.05, 4.69) is 264 Å². The fraction of sp³-hybridized carbons (Fsp3) is 0. The molecule has 2 nitrogen and oxygen atoms in total. The third-order valence-electron chi connectivity index (χ3n) is 13.1. The molecular weight excluding hydrogens is 777 g/mol. The van der Waals surface area contributed by atoms with Gasteiger partial charge in [-0.1, -0.05) is 218 Å². The Labute approximate surface area is 368 Å². The molecule has 63 heavy (non-hydrogen) atoms. The summed E-state index contributed by atoms with van der Waals surface area (Å²) in [5.41, 5.74) is 11.8. The van der Waals surface area contributed by atoms with Gasteiger partial charge in [0.15, 0.2) is 8.07 Å². The normalized spacial score (nSPS) is 11.8. The predicted molar refractivity (Wildman–Crippen MR) is 270 cm³/mol. The zero-order valence-corrected chi connectivity index (χ0v) is 35.6. The van der Waals surface area contributed by atoms with E-state index < -0.39 is 8.07 Å². The molecule has 12 rings (SSSR count). The van der Waals surface area contributed by atoms with Crippen molar-refractivity contribution in [3.63, 3.8) is 0 Å². The molecule has 0 aliphatic heterocycles. The molecule has 0 aliphatic carbocycles. The van der Waals surface area contributed by atoms with Gasteiger partial charge in [-0.2, -0.15) is 0 Å². The molecule has 0 atom stereocenters. The smallest absolute Gasteiger partial charge is 0.179 e. The topological polar surface area (TPSA) is 9.86 Å². The zero-order valence-electron chi connectivity index (χ0n) is 34.6. The summed E-state index contributed by atoms with van der Waals surface area (Å²) in [7, 11) is -2.83. The first-order chi connectivity index (χ1) is 31.3. The van der Waals surface area contributed by atoms with Crippen LogP contribution in [0.5, 0.6) is 0 Å². The first-order valence-electron chi connectivity index (χ1n) is 21.8. The third kappa shape index (κ3) is 5.85. The quantitative estimate of drug-likeness (QED) is 0.107. The van der Waals surface area contributed by atoms with Crippen molar-refractivity contribution in [2.75, 3.05) is 0 Å². The second-order valence-corrected chi connectivity index (χ2v) is 20.2. The molecule has 0 amide bonds. The second-order valence-electron chi connectivity index (χ2n) is 16.4. The standard InChI is InChI=1S/C60H42N2Si/c1-6-22-43(23-7-1)50-32-16-19-35-55(50)62-57-37-21-18-34-53(57)60-54(44-24-8-2-9-25-44)40-45(41-59(60)62)61-56-36-20-17-33-51(56)52-39-38-49(42-58(52)61)63(46-26-10-3-11-27-46,47-28-12-4-13-29-47)48-30-14-5-15-31-48/h1-42H. The number of para-hydroxylation sites is 3. The van der Waals surface area contributed by atoms with Crippen LogP contribution in [0, 0.1) is 0 Å². The number of benzene rings is 10. The summed E-state index contributed by atoms with van der Waals surface area (Å²) >= 11 is 0. The molecule has 0 N–H and O–H groups in total. The lowest BCUT2D eigenvalue weighted by molar-refractivity contribution is 1.16. The van der Waals surface area contributed by atoms with Crippen LogP contribution in [0.25, 0.3) is 77.2 Å². The zero-order chi connectivity index (χ0) is 41.7. The highest BCUT2D eigenvalue weighted by molar-refractivity contribution is 7.20. The minimum atomic E-state index is -2.83. The Morgan fingerprint density at radius 2 is 0.730 bits per heavy atom. The lowest BCUT2D eigenvalue weighted by Crippen LogP contribution is -2.74. The molecule has 0 unspecified atom stereocenters. The number of hydrogen-bond donors (Lipinski definition) is 0. The maximum atomic E-state index is 2.53. The highest BCUT2D eigenvalue weighted by Gasteiger charge is 2.41. The van der Waals surface area contributed by atoms with Gasteiger partial charge in [0, 0.05) is 32.8 Å². The molecule has 10 aromatic carbocycles. The Hall–Kier alpha value is -7.98. The summed E-state index contributed by atoms with van der Waals surface area (Å²) in [5, 5.41) is 10.4. The minimum absolute atomic E-state index is 1.12. The van der Waals surface area contributed by atoms with Crippen LogP contribution >= 0.6 is 0 Å². The van der Waals surface area contributed by atoms with Gasteiger partial charge in [-0.05, 0) is 73.8 Å².